The van der Waals surface area contributed by atoms with E-state index >= 15 is 0 Å². The molecule has 1 heterocycles. The predicted octanol–water partition coefficient (Wildman–Crippen LogP) is 2.44. The van der Waals surface area contributed by atoms with Crippen molar-refractivity contribution in [1.82, 2.24) is 10.2 Å². The van der Waals surface area contributed by atoms with Crippen LogP contribution >= 0.6 is 23.4 Å². The second-order valence-corrected chi connectivity index (χ2v) is 7.92. The largest absolute Gasteiger partial charge is 0.484 e. The van der Waals surface area contributed by atoms with Crippen LogP contribution in [0, 0.1) is 0 Å². The third kappa shape index (κ3) is 5.94. The van der Waals surface area contributed by atoms with Gasteiger partial charge in [-0.3, -0.25) is 0 Å². The first-order valence-corrected chi connectivity index (χ1v) is 9.36. The highest BCUT2D eigenvalue weighted by molar-refractivity contribution is 8.00. The maximum absolute atomic E-state index is 11.0. The lowest BCUT2D eigenvalue weighted by Crippen LogP contribution is -2.04. The summed E-state index contributed by atoms with van der Waals surface area (Å²) in [6.07, 6.45) is 1.19. The molecule has 2 aromatic rings. The summed E-state index contributed by atoms with van der Waals surface area (Å²) in [5.74, 6) is 1.41. The fourth-order valence-corrected chi connectivity index (χ4v) is 3.41. The second-order valence-electron chi connectivity index (χ2n) is 4.18. The molecule has 0 aliphatic carbocycles. The van der Waals surface area contributed by atoms with Gasteiger partial charge in [-0.25, -0.2) is 8.42 Å². The zero-order chi connectivity index (χ0) is 15.3. The summed E-state index contributed by atoms with van der Waals surface area (Å²) in [6, 6.07) is 6.91. The van der Waals surface area contributed by atoms with Gasteiger partial charge in [-0.2, -0.15) is 0 Å². The van der Waals surface area contributed by atoms with Crippen LogP contribution in [0.1, 0.15) is 5.89 Å². The van der Waals surface area contributed by atoms with E-state index in [9.17, 15) is 8.42 Å². The van der Waals surface area contributed by atoms with Crippen LogP contribution in [-0.4, -0.2) is 36.4 Å². The van der Waals surface area contributed by atoms with Gasteiger partial charge in [-0.1, -0.05) is 23.4 Å². The molecule has 0 aliphatic rings. The Kier molecular flexibility index (Phi) is 5.49. The van der Waals surface area contributed by atoms with Crippen molar-refractivity contribution in [1.29, 1.82) is 0 Å². The molecule has 1 aromatic carbocycles. The van der Waals surface area contributed by atoms with Crippen LogP contribution in [0.4, 0.5) is 0 Å². The summed E-state index contributed by atoms with van der Waals surface area (Å²) >= 11 is 6.97. The Hall–Kier alpha value is -1.25. The van der Waals surface area contributed by atoms with E-state index in [0.29, 0.717) is 27.6 Å². The van der Waals surface area contributed by atoms with E-state index in [-0.39, 0.29) is 12.4 Å². The molecule has 0 saturated heterocycles. The lowest BCUT2D eigenvalue weighted by molar-refractivity contribution is 0.252. The molecule has 0 atom stereocenters. The molecule has 0 aliphatic heterocycles. The minimum atomic E-state index is -2.98. The lowest BCUT2D eigenvalue weighted by Gasteiger charge is -2.02. The molecular formula is C12H13ClN2O4S2. The molecule has 0 N–H and O–H groups in total. The Morgan fingerprint density at radius 1 is 1.29 bits per heavy atom. The first-order chi connectivity index (χ1) is 9.92. The van der Waals surface area contributed by atoms with Gasteiger partial charge in [0.1, 0.15) is 15.6 Å². The molecule has 1 aromatic heterocycles. The number of halogens is 1. The van der Waals surface area contributed by atoms with Crippen LogP contribution in [0.25, 0.3) is 0 Å². The minimum absolute atomic E-state index is 0.0661. The number of benzene rings is 1. The summed E-state index contributed by atoms with van der Waals surface area (Å²) in [6.45, 7) is 0.140. The highest BCUT2D eigenvalue weighted by Crippen LogP contribution is 2.19. The predicted molar refractivity (Wildman–Crippen MR) is 80.5 cm³/mol. The van der Waals surface area contributed by atoms with Crippen molar-refractivity contribution in [3.8, 4) is 5.75 Å². The number of ether oxygens (including phenoxy) is 1. The summed E-state index contributed by atoms with van der Waals surface area (Å²) in [7, 11) is -2.98. The van der Waals surface area contributed by atoms with E-state index in [2.05, 4.69) is 10.2 Å². The third-order valence-corrected chi connectivity index (χ3v) is 4.58. The van der Waals surface area contributed by atoms with Crippen molar-refractivity contribution in [2.75, 3.05) is 17.8 Å². The molecule has 9 heteroatoms. The standard InChI is InChI=1S/C12H13ClN2O4S2/c1-21(16,17)7-6-20-12-15-14-11(19-12)8-18-10-4-2-9(13)3-5-10/h2-5H,6-8H2,1H3. The SMILES string of the molecule is CS(=O)(=O)CCSc1nnc(COc2ccc(Cl)cc2)o1. The second kappa shape index (κ2) is 7.15. The highest BCUT2D eigenvalue weighted by Gasteiger charge is 2.09. The summed E-state index contributed by atoms with van der Waals surface area (Å²) < 4.78 is 32.8. The van der Waals surface area contributed by atoms with Crippen molar-refractivity contribution in [3.63, 3.8) is 0 Å². The Balaban J connectivity index is 1.81. The number of hydrogen-bond acceptors (Lipinski definition) is 7. The van der Waals surface area contributed by atoms with E-state index in [1.807, 2.05) is 0 Å². The molecular weight excluding hydrogens is 336 g/mol. The van der Waals surface area contributed by atoms with E-state index < -0.39 is 9.84 Å². The van der Waals surface area contributed by atoms with E-state index in [1.54, 1.807) is 24.3 Å². The average molecular weight is 349 g/mol. The van der Waals surface area contributed by atoms with Gasteiger partial charge in [0.15, 0.2) is 6.61 Å². The first kappa shape index (κ1) is 16.1. The van der Waals surface area contributed by atoms with Crippen molar-refractivity contribution >= 4 is 33.2 Å². The van der Waals surface area contributed by atoms with Crippen LogP contribution < -0.4 is 4.74 Å². The molecule has 0 amide bonds. The number of aromatic nitrogens is 2. The fraction of sp³-hybridized carbons (Fsp3) is 0.333. The van der Waals surface area contributed by atoms with Gasteiger partial charge in [-0.15, -0.1) is 10.2 Å². The van der Waals surface area contributed by atoms with Gasteiger partial charge >= 0.3 is 0 Å². The van der Waals surface area contributed by atoms with Gasteiger partial charge in [0.2, 0.25) is 0 Å². The number of hydrogen-bond donors (Lipinski definition) is 0. The maximum atomic E-state index is 11.0. The van der Waals surface area contributed by atoms with Crippen LogP contribution in [0.15, 0.2) is 33.9 Å². The van der Waals surface area contributed by atoms with Gasteiger partial charge in [0.05, 0.1) is 5.75 Å². The first-order valence-electron chi connectivity index (χ1n) is 5.94. The molecule has 0 radical (unpaired) electrons. The molecule has 6 nitrogen and oxygen atoms in total. The van der Waals surface area contributed by atoms with Gasteiger partial charge in [0.25, 0.3) is 11.1 Å². The Labute approximate surface area is 131 Å². The number of thioether (sulfide) groups is 1. The van der Waals surface area contributed by atoms with Gasteiger partial charge in [0, 0.05) is 17.0 Å². The van der Waals surface area contributed by atoms with E-state index in [0.717, 1.165) is 0 Å². The van der Waals surface area contributed by atoms with Crippen LogP contribution in [0.3, 0.4) is 0 Å². The Bertz CT molecular complexity index is 686. The summed E-state index contributed by atoms with van der Waals surface area (Å²) in [4.78, 5) is 0. The lowest BCUT2D eigenvalue weighted by atomic mass is 10.3. The number of sulfone groups is 1. The molecule has 0 unspecified atom stereocenters. The monoisotopic (exact) mass is 348 g/mol. The fourth-order valence-electron chi connectivity index (χ4n) is 1.31. The molecule has 0 fully saturated rings. The van der Waals surface area contributed by atoms with Crippen LogP contribution in [0.2, 0.25) is 5.02 Å². The maximum Gasteiger partial charge on any atom is 0.276 e. The Morgan fingerprint density at radius 2 is 2.00 bits per heavy atom. The molecule has 21 heavy (non-hydrogen) atoms. The Morgan fingerprint density at radius 3 is 2.67 bits per heavy atom. The average Bonchev–Trinajstić information content (AvgIpc) is 2.85. The minimum Gasteiger partial charge on any atom is -0.484 e. The molecule has 114 valence electrons. The molecule has 0 saturated carbocycles. The summed E-state index contributed by atoms with van der Waals surface area (Å²) in [5, 5.41) is 8.59. The van der Waals surface area contributed by atoms with Gasteiger partial charge < -0.3 is 9.15 Å². The quantitative estimate of drug-likeness (QED) is 0.710. The normalized spacial score (nSPS) is 11.5. The molecule has 2 rings (SSSR count). The number of rotatable bonds is 7. The topological polar surface area (TPSA) is 82.3 Å². The van der Waals surface area contributed by atoms with Crippen molar-refractivity contribution in [3.05, 3.63) is 35.2 Å². The smallest absolute Gasteiger partial charge is 0.276 e. The van der Waals surface area contributed by atoms with E-state index in [1.165, 1.54) is 18.0 Å². The van der Waals surface area contributed by atoms with Crippen molar-refractivity contribution < 1.29 is 17.6 Å². The van der Waals surface area contributed by atoms with Crippen LogP contribution in [-0.2, 0) is 16.4 Å². The van der Waals surface area contributed by atoms with Crippen LogP contribution in [0.5, 0.6) is 5.75 Å². The zero-order valence-corrected chi connectivity index (χ0v) is 13.5. The van der Waals surface area contributed by atoms with Gasteiger partial charge in [-0.05, 0) is 24.3 Å². The molecule has 0 bridgehead atoms. The number of nitrogens with zero attached hydrogens (tertiary/aromatic N) is 2. The summed E-state index contributed by atoms with van der Waals surface area (Å²) in [5.41, 5.74) is 0. The van der Waals surface area contributed by atoms with Crippen molar-refractivity contribution in [2.24, 2.45) is 0 Å². The van der Waals surface area contributed by atoms with E-state index in [4.69, 9.17) is 20.8 Å². The van der Waals surface area contributed by atoms with Crippen molar-refractivity contribution in [2.45, 2.75) is 11.8 Å². The molecule has 0 spiro atoms. The zero-order valence-electron chi connectivity index (χ0n) is 11.2. The highest BCUT2D eigenvalue weighted by atomic mass is 35.5. The third-order valence-electron chi connectivity index (χ3n) is 2.30.